The Bertz CT molecular complexity index is 497. The lowest BCUT2D eigenvalue weighted by Crippen LogP contribution is -2.08. The van der Waals surface area contributed by atoms with E-state index in [2.05, 4.69) is 20.4 Å². The summed E-state index contributed by atoms with van der Waals surface area (Å²) in [4.78, 5) is 0. The Morgan fingerprint density at radius 1 is 1.28 bits per heavy atom. The van der Waals surface area contributed by atoms with Crippen LogP contribution in [0.1, 0.15) is 15.8 Å². The average Bonchev–Trinajstić information content (AvgIpc) is 2.86. The molecule has 0 aliphatic heterocycles. The van der Waals surface area contributed by atoms with Gasteiger partial charge in [0.2, 0.25) is 0 Å². The van der Waals surface area contributed by atoms with Gasteiger partial charge in [-0.05, 0) is 13.5 Å². The zero-order valence-corrected chi connectivity index (χ0v) is 12.6. The lowest BCUT2D eigenvalue weighted by atomic mass is 10.4. The van der Waals surface area contributed by atoms with E-state index < -0.39 is 0 Å². The summed E-state index contributed by atoms with van der Waals surface area (Å²) in [5.74, 6) is 1.70. The molecule has 0 spiro atoms. The maximum Gasteiger partial charge on any atom is 0.191 e. The second kappa shape index (κ2) is 7.03. The van der Waals surface area contributed by atoms with Crippen molar-refractivity contribution in [2.24, 2.45) is 12.8 Å². The number of halogens is 1. The van der Waals surface area contributed by atoms with Gasteiger partial charge in [-0.3, -0.25) is 0 Å². The van der Waals surface area contributed by atoms with Crippen LogP contribution in [0.3, 0.4) is 0 Å². The summed E-state index contributed by atoms with van der Waals surface area (Å²) < 4.78 is 1.98. The molecule has 2 aromatic rings. The van der Waals surface area contributed by atoms with E-state index in [1.165, 1.54) is 0 Å². The van der Waals surface area contributed by atoms with E-state index in [1.807, 2.05) is 18.5 Å². The van der Waals surface area contributed by atoms with Crippen LogP contribution in [0.15, 0.2) is 5.16 Å². The van der Waals surface area contributed by atoms with E-state index in [9.17, 15) is 0 Å². The zero-order valence-electron chi connectivity index (χ0n) is 10.2. The minimum atomic E-state index is 0. The molecule has 9 heteroatoms. The predicted molar refractivity (Wildman–Crippen MR) is 75.2 cm³/mol. The standard InChI is InChI=1S/C9H14N6S2.ClH/c1-6-11-13-8(17-6)5-16-9-14-12-7(3-4-10)15(9)2;/h3-5,10H2,1-2H3;1H. The second-order valence-electron chi connectivity index (χ2n) is 3.50. The average molecular weight is 307 g/mol. The molecule has 0 aliphatic rings. The normalized spacial score (nSPS) is 10.4. The number of aromatic nitrogens is 5. The van der Waals surface area contributed by atoms with E-state index >= 15 is 0 Å². The van der Waals surface area contributed by atoms with Gasteiger partial charge in [-0.2, -0.15) is 0 Å². The smallest absolute Gasteiger partial charge is 0.191 e. The number of nitrogens with two attached hydrogens (primary N) is 1. The van der Waals surface area contributed by atoms with Gasteiger partial charge in [-0.25, -0.2) is 0 Å². The highest BCUT2D eigenvalue weighted by Gasteiger charge is 2.09. The molecule has 0 bridgehead atoms. The number of hydrogen-bond acceptors (Lipinski definition) is 7. The first kappa shape index (κ1) is 15.4. The Hall–Kier alpha value is -0.700. The van der Waals surface area contributed by atoms with E-state index in [1.54, 1.807) is 23.1 Å². The third-order valence-corrected chi connectivity index (χ3v) is 4.24. The van der Waals surface area contributed by atoms with Gasteiger partial charge in [-0.1, -0.05) is 11.8 Å². The zero-order chi connectivity index (χ0) is 12.3. The third-order valence-electron chi connectivity index (χ3n) is 2.19. The van der Waals surface area contributed by atoms with Gasteiger partial charge < -0.3 is 10.3 Å². The van der Waals surface area contributed by atoms with E-state index in [0.717, 1.165) is 33.2 Å². The third kappa shape index (κ3) is 3.64. The molecule has 2 aromatic heterocycles. The Morgan fingerprint density at radius 3 is 2.67 bits per heavy atom. The maximum atomic E-state index is 5.50. The molecule has 0 aromatic carbocycles. The lowest BCUT2D eigenvalue weighted by molar-refractivity contribution is 0.727. The molecule has 0 aliphatic carbocycles. The van der Waals surface area contributed by atoms with Gasteiger partial charge in [0.05, 0.1) is 5.75 Å². The van der Waals surface area contributed by atoms with Crippen LogP contribution in [-0.4, -0.2) is 31.5 Å². The van der Waals surface area contributed by atoms with Gasteiger partial charge >= 0.3 is 0 Å². The number of nitrogens with zero attached hydrogens (tertiary/aromatic N) is 5. The Morgan fingerprint density at radius 2 is 2.06 bits per heavy atom. The Labute approximate surface area is 120 Å². The molecule has 18 heavy (non-hydrogen) atoms. The van der Waals surface area contributed by atoms with Crippen LogP contribution in [0, 0.1) is 6.92 Å². The second-order valence-corrected chi connectivity index (χ2v) is 5.71. The summed E-state index contributed by atoms with van der Waals surface area (Å²) >= 11 is 3.23. The van der Waals surface area contributed by atoms with Crippen LogP contribution in [-0.2, 0) is 19.2 Å². The largest absolute Gasteiger partial charge is 0.330 e. The molecule has 0 amide bonds. The molecular weight excluding hydrogens is 292 g/mol. The first-order valence-corrected chi connectivity index (χ1v) is 7.01. The van der Waals surface area contributed by atoms with Crippen molar-refractivity contribution in [1.29, 1.82) is 0 Å². The minimum Gasteiger partial charge on any atom is -0.330 e. The highest BCUT2D eigenvalue weighted by molar-refractivity contribution is 7.98. The number of aryl methyl sites for hydroxylation is 1. The molecule has 100 valence electrons. The molecule has 2 heterocycles. The van der Waals surface area contributed by atoms with Crippen LogP contribution in [0.4, 0.5) is 0 Å². The molecule has 0 radical (unpaired) electrons. The predicted octanol–water partition coefficient (Wildman–Crippen LogP) is 1.19. The lowest BCUT2D eigenvalue weighted by Gasteiger charge is -2.01. The molecule has 2 rings (SSSR count). The van der Waals surface area contributed by atoms with Crippen LogP contribution < -0.4 is 5.73 Å². The van der Waals surface area contributed by atoms with Crippen LogP contribution in [0.2, 0.25) is 0 Å². The van der Waals surface area contributed by atoms with E-state index in [0.29, 0.717) is 6.54 Å². The first-order chi connectivity index (χ1) is 8.20. The highest BCUT2D eigenvalue weighted by atomic mass is 35.5. The molecular formula is C9H15ClN6S2. The van der Waals surface area contributed by atoms with Gasteiger partial charge in [0.25, 0.3) is 0 Å². The summed E-state index contributed by atoms with van der Waals surface area (Å²) in [7, 11) is 1.96. The Balaban J connectivity index is 0.00000162. The minimum absolute atomic E-state index is 0. The summed E-state index contributed by atoms with van der Waals surface area (Å²) in [5.41, 5.74) is 5.50. The molecule has 0 saturated heterocycles. The number of rotatable bonds is 5. The summed E-state index contributed by atoms with van der Waals surface area (Å²) in [6.45, 7) is 2.54. The summed E-state index contributed by atoms with van der Waals surface area (Å²) in [6, 6.07) is 0. The van der Waals surface area contributed by atoms with E-state index in [-0.39, 0.29) is 12.4 Å². The van der Waals surface area contributed by atoms with Gasteiger partial charge in [0, 0.05) is 13.5 Å². The van der Waals surface area contributed by atoms with Gasteiger partial charge in [0.1, 0.15) is 15.8 Å². The molecule has 6 nitrogen and oxygen atoms in total. The van der Waals surface area contributed by atoms with Crippen molar-refractivity contribution in [3.8, 4) is 0 Å². The SMILES string of the molecule is Cc1nnc(CSc2nnc(CCN)n2C)s1.Cl. The van der Waals surface area contributed by atoms with Gasteiger partial charge in [-0.15, -0.1) is 44.1 Å². The van der Waals surface area contributed by atoms with Crippen molar-refractivity contribution >= 4 is 35.5 Å². The highest BCUT2D eigenvalue weighted by Crippen LogP contribution is 2.22. The van der Waals surface area contributed by atoms with Crippen molar-refractivity contribution < 1.29 is 0 Å². The quantitative estimate of drug-likeness (QED) is 0.836. The fraction of sp³-hybridized carbons (Fsp3) is 0.556. The number of hydrogen-bond donors (Lipinski definition) is 1. The van der Waals surface area contributed by atoms with Crippen molar-refractivity contribution in [3.63, 3.8) is 0 Å². The van der Waals surface area contributed by atoms with Crippen LogP contribution in [0.25, 0.3) is 0 Å². The van der Waals surface area contributed by atoms with Gasteiger partial charge in [0.15, 0.2) is 5.16 Å². The monoisotopic (exact) mass is 306 g/mol. The fourth-order valence-corrected chi connectivity index (χ4v) is 2.96. The molecule has 0 unspecified atom stereocenters. The topological polar surface area (TPSA) is 82.5 Å². The van der Waals surface area contributed by atoms with Crippen LogP contribution in [0.5, 0.6) is 0 Å². The summed E-state index contributed by atoms with van der Waals surface area (Å²) in [6.07, 6.45) is 0.752. The Kier molecular flexibility index (Phi) is 6.00. The van der Waals surface area contributed by atoms with Crippen molar-refractivity contribution in [2.75, 3.05) is 6.54 Å². The fourth-order valence-electron chi connectivity index (χ4n) is 1.34. The van der Waals surface area contributed by atoms with Crippen molar-refractivity contribution in [3.05, 3.63) is 15.8 Å². The number of thioether (sulfide) groups is 1. The molecule has 0 saturated carbocycles. The van der Waals surface area contributed by atoms with Crippen LogP contribution >= 0.6 is 35.5 Å². The van der Waals surface area contributed by atoms with E-state index in [4.69, 9.17) is 5.73 Å². The first-order valence-electron chi connectivity index (χ1n) is 5.21. The molecule has 0 fully saturated rings. The van der Waals surface area contributed by atoms with Crippen molar-refractivity contribution in [1.82, 2.24) is 25.0 Å². The summed E-state index contributed by atoms with van der Waals surface area (Å²) in [5, 5.41) is 19.2. The maximum absolute atomic E-state index is 5.50. The van der Waals surface area contributed by atoms with Crippen molar-refractivity contribution in [2.45, 2.75) is 24.3 Å². The molecule has 0 atom stereocenters. The molecule has 2 N–H and O–H groups in total.